The molecule has 1 aromatic heterocycles. The minimum atomic E-state index is -0.941. The van der Waals surface area contributed by atoms with Gasteiger partial charge in [0, 0.05) is 12.7 Å². The number of carboxylic acid groups (broad SMARTS) is 1. The predicted octanol–water partition coefficient (Wildman–Crippen LogP) is -0.234. The summed E-state index contributed by atoms with van der Waals surface area (Å²) >= 11 is 0. The van der Waals surface area contributed by atoms with Crippen LogP contribution in [-0.2, 0) is 9.53 Å². The van der Waals surface area contributed by atoms with Gasteiger partial charge in [-0.1, -0.05) is 0 Å². The third kappa shape index (κ3) is 2.21. The van der Waals surface area contributed by atoms with Gasteiger partial charge in [-0.3, -0.25) is 0 Å². The topological polar surface area (TPSA) is 75.5 Å². The fourth-order valence-corrected chi connectivity index (χ4v) is 1.47. The molecule has 0 aliphatic carbocycles. The summed E-state index contributed by atoms with van der Waals surface area (Å²) in [5.74, 6) is -0.254. The highest BCUT2D eigenvalue weighted by Crippen LogP contribution is 2.13. The molecule has 0 bridgehead atoms. The van der Waals surface area contributed by atoms with E-state index in [4.69, 9.17) is 9.84 Å². The lowest BCUT2D eigenvalue weighted by molar-refractivity contribution is -0.150. The molecule has 80 valence electrons. The number of rotatable bonds is 2. The van der Waals surface area contributed by atoms with Gasteiger partial charge in [0.25, 0.3) is 0 Å². The van der Waals surface area contributed by atoms with Crippen LogP contribution < -0.4 is 4.90 Å². The Balaban J connectivity index is 2.08. The molecule has 0 spiro atoms. The SMILES string of the molecule is O=C(O)C1CN(c2cccnn2)CCO1. The number of hydrogen-bond donors (Lipinski definition) is 1. The Bertz CT molecular complexity index is 344. The highest BCUT2D eigenvalue weighted by Gasteiger charge is 2.26. The van der Waals surface area contributed by atoms with E-state index in [1.54, 1.807) is 18.3 Å². The molecule has 6 nitrogen and oxygen atoms in total. The average Bonchev–Trinajstić information content (AvgIpc) is 2.30. The van der Waals surface area contributed by atoms with Crippen LogP contribution in [0.4, 0.5) is 5.82 Å². The summed E-state index contributed by atoms with van der Waals surface area (Å²) in [6.07, 6.45) is 0.805. The summed E-state index contributed by atoms with van der Waals surface area (Å²) in [6, 6.07) is 3.57. The van der Waals surface area contributed by atoms with E-state index >= 15 is 0 Å². The number of carbonyl (C=O) groups is 1. The Morgan fingerprint density at radius 3 is 3.20 bits per heavy atom. The van der Waals surface area contributed by atoms with Crippen LogP contribution >= 0.6 is 0 Å². The minimum Gasteiger partial charge on any atom is -0.479 e. The zero-order valence-corrected chi connectivity index (χ0v) is 8.04. The van der Waals surface area contributed by atoms with Gasteiger partial charge in [0.05, 0.1) is 13.2 Å². The van der Waals surface area contributed by atoms with Crippen molar-refractivity contribution in [1.29, 1.82) is 0 Å². The summed E-state index contributed by atoms with van der Waals surface area (Å²) in [5, 5.41) is 16.5. The molecule has 6 heteroatoms. The molecule has 2 heterocycles. The van der Waals surface area contributed by atoms with Crippen molar-refractivity contribution in [1.82, 2.24) is 10.2 Å². The van der Waals surface area contributed by atoms with Gasteiger partial charge in [0.15, 0.2) is 11.9 Å². The third-order valence-corrected chi connectivity index (χ3v) is 2.22. The van der Waals surface area contributed by atoms with Crippen LogP contribution in [0.15, 0.2) is 18.3 Å². The Labute approximate surface area is 86.5 Å². The molecule has 1 unspecified atom stereocenters. The van der Waals surface area contributed by atoms with Gasteiger partial charge < -0.3 is 14.7 Å². The molecular formula is C9H11N3O3. The molecule has 15 heavy (non-hydrogen) atoms. The van der Waals surface area contributed by atoms with E-state index in [1.165, 1.54) is 0 Å². The first kappa shape index (κ1) is 9.85. The predicted molar refractivity (Wildman–Crippen MR) is 51.6 cm³/mol. The maximum atomic E-state index is 10.7. The Kier molecular flexibility index (Phi) is 2.77. The van der Waals surface area contributed by atoms with Crippen molar-refractivity contribution in [3.63, 3.8) is 0 Å². The molecule has 1 saturated heterocycles. The van der Waals surface area contributed by atoms with Gasteiger partial charge in [-0.25, -0.2) is 4.79 Å². The van der Waals surface area contributed by atoms with E-state index < -0.39 is 12.1 Å². The number of nitrogens with zero attached hydrogens (tertiary/aromatic N) is 3. The van der Waals surface area contributed by atoms with E-state index in [0.717, 1.165) is 0 Å². The van der Waals surface area contributed by atoms with E-state index in [-0.39, 0.29) is 0 Å². The zero-order chi connectivity index (χ0) is 10.7. The van der Waals surface area contributed by atoms with Crippen LogP contribution in [0, 0.1) is 0 Å². The second-order valence-corrected chi connectivity index (χ2v) is 3.23. The summed E-state index contributed by atoms with van der Waals surface area (Å²) in [7, 11) is 0. The van der Waals surface area contributed by atoms with Crippen molar-refractivity contribution in [3.05, 3.63) is 18.3 Å². The van der Waals surface area contributed by atoms with Gasteiger partial charge in [0.1, 0.15) is 0 Å². The molecular weight excluding hydrogens is 198 g/mol. The number of ether oxygens (including phenoxy) is 1. The molecule has 0 amide bonds. The minimum absolute atomic E-state index is 0.314. The lowest BCUT2D eigenvalue weighted by Crippen LogP contribution is -2.46. The maximum Gasteiger partial charge on any atom is 0.334 e. The van der Waals surface area contributed by atoms with E-state index in [0.29, 0.717) is 25.5 Å². The van der Waals surface area contributed by atoms with Crippen LogP contribution in [0.2, 0.25) is 0 Å². The fraction of sp³-hybridized carbons (Fsp3) is 0.444. The summed E-state index contributed by atoms with van der Waals surface area (Å²) < 4.78 is 5.10. The maximum absolute atomic E-state index is 10.7. The first-order chi connectivity index (χ1) is 7.27. The van der Waals surface area contributed by atoms with Crippen LogP contribution in [0.3, 0.4) is 0 Å². The number of anilines is 1. The van der Waals surface area contributed by atoms with Crippen LogP contribution in [-0.4, -0.2) is 47.1 Å². The normalized spacial score (nSPS) is 21.3. The second kappa shape index (κ2) is 4.22. The van der Waals surface area contributed by atoms with Crippen molar-refractivity contribution in [2.45, 2.75) is 6.10 Å². The van der Waals surface area contributed by atoms with Crippen LogP contribution in [0.5, 0.6) is 0 Å². The monoisotopic (exact) mass is 209 g/mol. The Morgan fingerprint density at radius 2 is 2.53 bits per heavy atom. The van der Waals surface area contributed by atoms with Gasteiger partial charge in [-0.05, 0) is 12.1 Å². The third-order valence-electron chi connectivity index (χ3n) is 2.22. The first-order valence-electron chi connectivity index (χ1n) is 4.64. The van der Waals surface area contributed by atoms with Crippen molar-refractivity contribution in [3.8, 4) is 0 Å². The summed E-state index contributed by atoms with van der Waals surface area (Å²) in [5.41, 5.74) is 0. The standard InChI is InChI=1S/C9H11N3O3/c13-9(14)7-6-12(4-5-15-7)8-2-1-3-10-11-8/h1-3,7H,4-6H2,(H,13,14). The molecule has 2 rings (SSSR count). The van der Waals surface area contributed by atoms with Gasteiger partial charge in [-0.15, -0.1) is 5.10 Å². The lowest BCUT2D eigenvalue weighted by atomic mass is 10.2. The average molecular weight is 209 g/mol. The second-order valence-electron chi connectivity index (χ2n) is 3.23. The highest BCUT2D eigenvalue weighted by molar-refractivity contribution is 5.73. The molecule has 0 radical (unpaired) electrons. The number of aliphatic carboxylic acids is 1. The van der Waals surface area contributed by atoms with Crippen molar-refractivity contribution >= 4 is 11.8 Å². The smallest absolute Gasteiger partial charge is 0.334 e. The molecule has 1 atom stereocenters. The molecule has 0 aromatic carbocycles. The Hall–Kier alpha value is -1.69. The van der Waals surface area contributed by atoms with Gasteiger partial charge >= 0.3 is 5.97 Å². The quantitative estimate of drug-likeness (QED) is 0.724. The summed E-state index contributed by atoms with van der Waals surface area (Å²) in [4.78, 5) is 12.6. The Morgan fingerprint density at radius 1 is 1.67 bits per heavy atom. The van der Waals surface area contributed by atoms with Gasteiger partial charge in [0.2, 0.25) is 0 Å². The van der Waals surface area contributed by atoms with Crippen LogP contribution in [0.1, 0.15) is 0 Å². The molecule has 0 saturated carbocycles. The fourth-order valence-electron chi connectivity index (χ4n) is 1.47. The zero-order valence-electron chi connectivity index (χ0n) is 8.04. The molecule has 1 aliphatic heterocycles. The number of carboxylic acids is 1. The van der Waals surface area contributed by atoms with Crippen molar-refractivity contribution in [2.24, 2.45) is 0 Å². The lowest BCUT2D eigenvalue weighted by Gasteiger charge is -2.31. The highest BCUT2D eigenvalue weighted by atomic mass is 16.5. The molecule has 1 fully saturated rings. The van der Waals surface area contributed by atoms with E-state index in [9.17, 15) is 4.79 Å². The van der Waals surface area contributed by atoms with Crippen molar-refractivity contribution in [2.75, 3.05) is 24.6 Å². The summed E-state index contributed by atoms with van der Waals surface area (Å²) in [6.45, 7) is 1.35. The van der Waals surface area contributed by atoms with Crippen LogP contribution in [0.25, 0.3) is 0 Å². The molecule has 1 aromatic rings. The van der Waals surface area contributed by atoms with E-state index in [1.807, 2.05) is 4.90 Å². The molecule has 1 aliphatic rings. The number of morpholine rings is 1. The van der Waals surface area contributed by atoms with Gasteiger partial charge in [-0.2, -0.15) is 5.10 Å². The largest absolute Gasteiger partial charge is 0.479 e. The molecule has 1 N–H and O–H groups in total. The number of aromatic nitrogens is 2. The first-order valence-corrected chi connectivity index (χ1v) is 4.64. The van der Waals surface area contributed by atoms with E-state index in [2.05, 4.69) is 10.2 Å². The number of hydrogen-bond acceptors (Lipinski definition) is 5. The van der Waals surface area contributed by atoms with Crippen molar-refractivity contribution < 1.29 is 14.6 Å².